The summed E-state index contributed by atoms with van der Waals surface area (Å²) in [5, 5.41) is 2.84. The standard InChI is InChI=1S/C32H40FN3O7S/c1-8-43-25-15-13-24(14-16-25)36(44(39,40)26-17-18-28(41-6)29(19-26)42-7)21-30(37)35(20-23-11-9-10-12-27(23)33)22(2)31(38)34-32(3,4)5/h9-19,22H,8,20-21H2,1-7H3,(H,34,38)/t22-/m1/s1. The summed E-state index contributed by atoms with van der Waals surface area (Å²) in [6.45, 7) is 8.18. The van der Waals surface area contributed by atoms with Gasteiger partial charge < -0.3 is 24.4 Å². The normalized spacial score (nSPS) is 12.2. The smallest absolute Gasteiger partial charge is 0.264 e. The van der Waals surface area contributed by atoms with Crippen molar-refractivity contribution in [3.63, 3.8) is 0 Å². The number of anilines is 1. The first-order valence-corrected chi connectivity index (χ1v) is 15.5. The molecule has 1 atom stereocenters. The quantitative estimate of drug-likeness (QED) is 0.290. The molecule has 0 saturated heterocycles. The van der Waals surface area contributed by atoms with E-state index in [-0.39, 0.29) is 28.4 Å². The van der Waals surface area contributed by atoms with E-state index in [0.717, 1.165) is 4.31 Å². The molecule has 0 radical (unpaired) electrons. The molecule has 2 amide bonds. The van der Waals surface area contributed by atoms with Gasteiger partial charge in [-0.15, -0.1) is 0 Å². The van der Waals surface area contributed by atoms with E-state index in [9.17, 15) is 22.4 Å². The van der Waals surface area contributed by atoms with Crippen molar-refractivity contribution >= 4 is 27.5 Å². The lowest BCUT2D eigenvalue weighted by Gasteiger charge is -2.33. The van der Waals surface area contributed by atoms with Crippen molar-refractivity contribution in [1.29, 1.82) is 0 Å². The molecule has 0 aromatic heterocycles. The average molecular weight is 630 g/mol. The maximum absolute atomic E-state index is 14.7. The molecule has 0 aliphatic carbocycles. The van der Waals surface area contributed by atoms with Gasteiger partial charge >= 0.3 is 0 Å². The van der Waals surface area contributed by atoms with Crippen LogP contribution in [0.3, 0.4) is 0 Å². The van der Waals surface area contributed by atoms with Crippen LogP contribution in [-0.4, -0.2) is 64.1 Å². The van der Waals surface area contributed by atoms with Crippen molar-refractivity contribution < 1.29 is 36.6 Å². The maximum atomic E-state index is 14.7. The Morgan fingerprint density at radius 2 is 1.59 bits per heavy atom. The minimum Gasteiger partial charge on any atom is -0.494 e. The predicted octanol–water partition coefficient (Wildman–Crippen LogP) is 4.77. The summed E-state index contributed by atoms with van der Waals surface area (Å²) in [7, 11) is -1.58. The van der Waals surface area contributed by atoms with E-state index < -0.39 is 45.8 Å². The molecule has 10 nitrogen and oxygen atoms in total. The van der Waals surface area contributed by atoms with Crippen molar-refractivity contribution in [2.45, 2.75) is 57.6 Å². The molecule has 1 N–H and O–H groups in total. The van der Waals surface area contributed by atoms with E-state index in [4.69, 9.17) is 14.2 Å². The minimum absolute atomic E-state index is 0.156. The highest BCUT2D eigenvalue weighted by Gasteiger charge is 2.34. The number of sulfonamides is 1. The third-order valence-corrected chi connectivity index (χ3v) is 8.39. The zero-order valence-electron chi connectivity index (χ0n) is 26.1. The van der Waals surface area contributed by atoms with Gasteiger partial charge in [0.25, 0.3) is 10.0 Å². The van der Waals surface area contributed by atoms with Gasteiger partial charge in [0.15, 0.2) is 11.5 Å². The largest absolute Gasteiger partial charge is 0.494 e. The van der Waals surface area contributed by atoms with Crippen LogP contribution in [0.1, 0.15) is 40.2 Å². The SMILES string of the molecule is CCOc1ccc(N(CC(=O)N(Cc2ccccc2F)[C@H](C)C(=O)NC(C)(C)C)S(=O)(=O)c2ccc(OC)c(OC)c2)cc1. The van der Waals surface area contributed by atoms with E-state index in [1.165, 1.54) is 74.6 Å². The predicted molar refractivity (Wildman–Crippen MR) is 166 cm³/mol. The van der Waals surface area contributed by atoms with Crippen LogP contribution in [0, 0.1) is 5.82 Å². The highest BCUT2D eigenvalue weighted by Crippen LogP contribution is 2.33. The van der Waals surface area contributed by atoms with Crippen molar-refractivity contribution in [3.8, 4) is 17.2 Å². The number of carbonyl (C=O) groups excluding carboxylic acids is 2. The third-order valence-electron chi connectivity index (χ3n) is 6.62. The lowest BCUT2D eigenvalue weighted by atomic mass is 10.1. The van der Waals surface area contributed by atoms with Crippen LogP contribution in [0.15, 0.2) is 71.6 Å². The van der Waals surface area contributed by atoms with Crippen LogP contribution in [0.2, 0.25) is 0 Å². The maximum Gasteiger partial charge on any atom is 0.264 e. The summed E-state index contributed by atoms with van der Waals surface area (Å²) in [5.41, 5.74) is -0.260. The molecular formula is C32H40FN3O7S. The summed E-state index contributed by atoms with van der Waals surface area (Å²) in [4.78, 5) is 28.3. The number of halogens is 1. The second-order valence-electron chi connectivity index (χ2n) is 11.0. The van der Waals surface area contributed by atoms with Gasteiger partial charge in [0.1, 0.15) is 24.2 Å². The average Bonchev–Trinajstić information content (AvgIpc) is 2.98. The van der Waals surface area contributed by atoms with Crippen molar-refractivity contribution in [3.05, 3.63) is 78.1 Å². The molecule has 0 aliphatic heterocycles. The molecular weight excluding hydrogens is 589 g/mol. The molecule has 12 heteroatoms. The van der Waals surface area contributed by atoms with Crippen molar-refractivity contribution in [1.82, 2.24) is 10.2 Å². The Bertz CT molecular complexity index is 1560. The zero-order valence-corrected chi connectivity index (χ0v) is 26.9. The van der Waals surface area contributed by atoms with Gasteiger partial charge in [0, 0.05) is 23.7 Å². The van der Waals surface area contributed by atoms with Crippen LogP contribution >= 0.6 is 0 Å². The number of hydrogen-bond acceptors (Lipinski definition) is 7. The fraction of sp³-hybridized carbons (Fsp3) is 0.375. The minimum atomic E-state index is -4.39. The lowest BCUT2D eigenvalue weighted by molar-refractivity contribution is -0.140. The molecule has 238 valence electrons. The summed E-state index contributed by atoms with van der Waals surface area (Å²) >= 11 is 0. The third kappa shape index (κ3) is 8.40. The van der Waals surface area contributed by atoms with E-state index in [1.54, 1.807) is 39.0 Å². The molecule has 0 unspecified atom stereocenters. The van der Waals surface area contributed by atoms with Gasteiger partial charge in [-0.2, -0.15) is 0 Å². The Morgan fingerprint density at radius 3 is 2.16 bits per heavy atom. The zero-order chi connectivity index (χ0) is 32.7. The molecule has 0 spiro atoms. The number of hydrogen-bond donors (Lipinski definition) is 1. The Hall–Kier alpha value is -4.32. The molecule has 3 aromatic carbocycles. The molecule has 44 heavy (non-hydrogen) atoms. The summed E-state index contributed by atoms with van der Waals surface area (Å²) in [5.74, 6) is -0.736. The number of ether oxygens (including phenoxy) is 3. The summed E-state index contributed by atoms with van der Waals surface area (Å²) < 4.78 is 60.1. The topological polar surface area (TPSA) is 114 Å². The first kappa shape index (κ1) is 34.2. The number of carbonyl (C=O) groups is 2. The Kier molecular flexibility index (Phi) is 11.2. The molecule has 0 aliphatic rings. The van der Waals surface area contributed by atoms with Gasteiger partial charge in [-0.3, -0.25) is 13.9 Å². The van der Waals surface area contributed by atoms with Gasteiger partial charge in [-0.05, 0) is 77.1 Å². The van der Waals surface area contributed by atoms with E-state index >= 15 is 0 Å². The van der Waals surface area contributed by atoms with E-state index in [2.05, 4.69) is 5.32 Å². The van der Waals surface area contributed by atoms with Crippen LogP contribution in [0.25, 0.3) is 0 Å². The van der Waals surface area contributed by atoms with Crippen LogP contribution in [0.4, 0.5) is 10.1 Å². The lowest BCUT2D eigenvalue weighted by Crippen LogP contribution is -2.54. The van der Waals surface area contributed by atoms with Crippen LogP contribution in [-0.2, 0) is 26.2 Å². The second kappa shape index (κ2) is 14.4. The first-order chi connectivity index (χ1) is 20.7. The van der Waals surface area contributed by atoms with E-state index in [0.29, 0.717) is 18.1 Å². The summed E-state index contributed by atoms with van der Waals surface area (Å²) in [6, 6.07) is 15.2. The fourth-order valence-electron chi connectivity index (χ4n) is 4.38. The first-order valence-electron chi connectivity index (χ1n) is 14.0. The molecule has 0 fully saturated rings. The summed E-state index contributed by atoms with van der Waals surface area (Å²) in [6.07, 6.45) is 0. The van der Waals surface area contributed by atoms with Crippen molar-refractivity contribution in [2.75, 3.05) is 31.7 Å². The number of nitrogens with one attached hydrogen (secondary N) is 1. The van der Waals surface area contributed by atoms with Gasteiger partial charge in [0.05, 0.1) is 31.4 Å². The highest BCUT2D eigenvalue weighted by molar-refractivity contribution is 7.92. The molecule has 0 saturated carbocycles. The molecule has 0 bridgehead atoms. The van der Waals surface area contributed by atoms with Crippen LogP contribution < -0.4 is 23.8 Å². The molecule has 3 aromatic rings. The number of nitrogens with zero attached hydrogens (tertiary/aromatic N) is 2. The number of methoxy groups -OCH3 is 2. The Balaban J connectivity index is 2.10. The highest BCUT2D eigenvalue weighted by atomic mass is 32.2. The molecule has 3 rings (SSSR count). The Labute approximate surface area is 258 Å². The monoisotopic (exact) mass is 629 g/mol. The number of benzene rings is 3. The van der Waals surface area contributed by atoms with Crippen molar-refractivity contribution in [2.24, 2.45) is 0 Å². The van der Waals surface area contributed by atoms with E-state index in [1.807, 2.05) is 6.92 Å². The van der Waals surface area contributed by atoms with Crippen LogP contribution in [0.5, 0.6) is 17.2 Å². The Morgan fingerprint density at radius 1 is 0.955 bits per heavy atom. The second-order valence-corrected chi connectivity index (χ2v) is 12.8. The number of rotatable bonds is 13. The number of amides is 2. The van der Waals surface area contributed by atoms with Gasteiger partial charge in [-0.25, -0.2) is 12.8 Å². The van der Waals surface area contributed by atoms with Gasteiger partial charge in [-0.1, -0.05) is 18.2 Å². The van der Waals surface area contributed by atoms with Gasteiger partial charge in [0.2, 0.25) is 11.8 Å². The fourth-order valence-corrected chi connectivity index (χ4v) is 5.81. The molecule has 0 heterocycles.